The van der Waals surface area contributed by atoms with Crippen molar-refractivity contribution in [2.24, 2.45) is 17.6 Å². The van der Waals surface area contributed by atoms with Crippen LogP contribution in [-0.2, 0) is 9.59 Å². The monoisotopic (exact) mass is 188 g/mol. The van der Waals surface area contributed by atoms with E-state index in [1.807, 2.05) is 0 Å². The van der Waals surface area contributed by atoms with Crippen molar-refractivity contribution in [3.8, 4) is 0 Å². The van der Waals surface area contributed by atoms with E-state index in [1.165, 1.54) is 0 Å². The van der Waals surface area contributed by atoms with Crippen LogP contribution in [0.25, 0.3) is 0 Å². The van der Waals surface area contributed by atoms with E-state index < -0.39 is 5.91 Å². The third-order valence-corrected chi connectivity index (χ3v) is 2.59. The summed E-state index contributed by atoms with van der Waals surface area (Å²) in [6, 6.07) is 0. The Hall–Kier alpha value is -1.13. The quantitative estimate of drug-likeness (QED) is 0.611. The summed E-state index contributed by atoms with van der Waals surface area (Å²) in [4.78, 5) is 21.6. The van der Waals surface area contributed by atoms with E-state index in [2.05, 4.69) is 0 Å². The lowest BCUT2D eigenvalue weighted by atomic mass is 9.81. The molecule has 1 rings (SSSR count). The van der Waals surface area contributed by atoms with Gasteiger partial charge >= 0.3 is 0 Å². The normalized spacial score (nSPS) is 28.1. The second-order valence-corrected chi connectivity index (χ2v) is 3.41. The van der Waals surface area contributed by atoms with Gasteiger partial charge in [0.25, 0.3) is 5.91 Å². The molecule has 0 aromatic rings. The summed E-state index contributed by atoms with van der Waals surface area (Å²) in [7, 11) is 0. The molecule has 2 amide bonds. The van der Waals surface area contributed by atoms with Crippen LogP contribution in [0.2, 0.25) is 0 Å². The topological polar surface area (TPSA) is 72.2 Å². The van der Waals surface area contributed by atoms with Crippen LogP contribution in [0.15, 0.2) is 0 Å². The predicted octanol–water partition coefficient (Wildman–Crippen LogP) is 0.279. The SMILES string of the molecule is NC(=O)C1CCC(C(=O)NF)CC1. The highest BCUT2D eigenvalue weighted by Crippen LogP contribution is 2.28. The Kier molecular flexibility index (Phi) is 3.22. The molecule has 4 nitrogen and oxygen atoms in total. The van der Waals surface area contributed by atoms with Crippen LogP contribution >= 0.6 is 0 Å². The first-order chi connectivity index (χ1) is 6.15. The number of carbonyl (C=O) groups is 2. The van der Waals surface area contributed by atoms with Crippen LogP contribution in [-0.4, -0.2) is 11.8 Å². The summed E-state index contributed by atoms with van der Waals surface area (Å²) in [5.41, 5.74) is 6.23. The van der Waals surface area contributed by atoms with Crippen LogP contribution < -0.4 is 11.3 Å². The third kappa shape index (κ3) is 2.40. The number of carbonyl (C=O) groups excluding carboxylic acids is 2. The minimum Gasteiger partial charge on any atom is -0.369 e. The maximum Gasteiger partial charge on any atom is 0.250 e. The molecule has 3 N–H and O–H groups in total. The molecule has 0 unspecified atom stereocenters. The molecule has 0 saturated heterocycles. The smallest absolute Gasteiger partial charge is 0.250 e. The van der Waals surface area contributed by atoms with Crippen LogP contribution in [0.4, 0.5) is 4.48 Å². The molecule has 5 heteroatoms. The Morgan fingerprint density at radius 2 is 1.62 bits per heavy atom. The van der Waals surface area contributed by atoms with Gasteiger partial charge in [0.2, 0.25) is 5.91 Å². The fourth-order valence-corrected chi connectivity index (χ4v) is 1.72. The molecule has 1 fully saturated rings. The molecular weight excluding hydrogens is 175 g/mol. The van der Waals surface area contributed by atoms with Crippen LogP contribution in [0.1, 0.15) is 25.7 Å². The Labute approximate surface area is 75.6 Å². The minimum absolute atomic E-state index is 0.135. The summed E-state index contributed by atoms with van der Waals surface area (Å²) < 4.78 is 11.7. The zero-order chi connectivity index (χ0) is 9.84. The molecule has 0 spiro atoms. The highest BCUT2D eigenvalue weighted by Gasteiger charge is 2.28. The predicted molar refractivity (Wildman–Crippen MR) is 43.9 cm³/mol. The summed E-state index contributed by atoms with van der Waals surface area (Å²) in [5, 5.41) is 0. The number of nitrogens with one attached hydrogen (secondary N) is 1. The largest absolute Gasteiger partial charge is 0.369 e. The lowest BCUT2D eigenvalue weighted by Gasteiger charge is -2.24. The lowest BCUT2D eigenvalue weighted by Crippen LogP contribution is -2.32. The molecule has 0 aromatic heterocycles. The van der Waals surface area contributed by atoms with Gasteiger partial charge in [0, 0.05) is 11.8 Å². The molecule has 13 heavy (non-hydrogen) atoms. The third-order valence-electron chi connectivity index (χ3n) is 2.59. The minimum atomic E-state index is -0.581. The van der Waals surface area contributed by atoms with Gasteiger partial charge in [0.1, 0.15) is 0 Å². The maximum atomic E-state index is 11.7. The number of primary amides is 1. The van der Waals surface area contributed by atoms with E-state index in [9.17, 15) is 14.1 Å². The number of hydrogen-bond donors (Lipinski definition) is 2. The first-order valence-corrected chi connectivity index (χ1v) is 4.35. The molecule has 0 aromatic carbocycles. The Balaban J connectivity index is 2.39. The van der Waals surface area contributed by atoms with Gasteiger partial charge in [-0.05, 0) is 25.7 Å². The Morgan fingerprint density at radius 3 is 2.00 bits per heavy atom. The van der Waals surface area contributed by atoms with Gasteiger partial charge < -0.3 is 5.73 Å². The van der Waals surface area contributed by atoms with Gasteiger partial charge in [-0.15, -0.1) is 4.48 Å². The average Bonchev–Trinajstić information content (AvgIpc) is 2.17. The molecule has 0 atom stereocenters. The number of hydrogen-bond acceptors (Lipinski definition) is 2. The molecule has 0 aliphatic heterocycles. The molecule has 0 heterocycles. The summed E-state index contributed by atoms with van der Waals surface area (Å²) in [5.74, 6) is -1.33. The van der Waals surface area contributed by atoms with Gasteiger partial charge in [0.05, 0.1) is 0 Å². The van der Waals surface area contributed by atoms with E-state index in [0.717, 1.165) is 5.54 Å². The second kappa shape index (κ2) is 4.20. The van der Waals surface area contributed by atoms with E-state index >= 15 is 0 Å². The Bertz CT molecular complexity index is 212. The summed E-state index contributed by atoms with van der Waals surface area (Å²) in [6.07, 6.45) is 2.27. The lowest BCUT2D eigenvalue weighted by molar-refractivity contribution is -0.132. The number of nitrogens with two attached hydrogens (primary N) is 1. The number of halogens is 1. The summed E-state index contributed by atoms with van der Waals surface area (Å²) in [6.45, 7) is 0. The average molecular weight is 188 g/mol. The fraction of sp³-hybridized carbons (Fsp3) is 0.750. The van der Waals surface area contributed by atoms with Gasteiger partial charge in [0.15, 0.2) is 0 Å². The van der Waals surface area contributed by atoms with Crippen molar-refractivity contribution in [3.05, 3.63) is 0 Å². The van der Waals surface area contributed by atoms with Crippen molar-refractivity contribution in [3.63, 3.8) is 0 Å². The molecule has 1 saturated carbocycles. The molecule has 1 aliphatic rings. The molecule has 1 aliphatic carbocycles. The van der Waals surface area contributed by atoms with Crippen molar-refractivity contribution in [2.75, 3.05) is 0 Å². The standard InChI is InChI=1S/C8H13FN2O2/c9-11-8(13)6-3-1-5(2-4-6)7(10)12/h5-6H,1-4H2,(H2,10,12)(H,11,13). The Morgan fingerprint density at radius 1 is 1.15 bits per heavy atom. The highest BCUT2D eigenvalue weighted by atomic mass is 19.2. The first-order valence-electron chi connectivity index (χ1n) is 4.35. The number of amides is 2. The van der Waals surface area contributed by atoms with E-state index in [-0.39, 0.29) is 17.7 Å². The van der Waals surface area contributed by atoms with E-state index in [1.54, 1.807) is 0 Å². The first kappa shape index (κ1) is 9.95. The van der Waals surface area contributed by atoms with E-state index in [4.69, 9.17) is 5.73 Å². The molecule has 0 radical (unpaired) electrons. The van der Waals surface area contributed by atoms with Crippen LogP contribution in [0.5, 0.6) is 0 Å². The molecule has 74 valence electrons. The molecule has 0 bridgehead atoms. The zero-order valence-corrected chi connectivity index (χ0v) is 7.25. The maximum absolute atomic E-state index is 11.7. The highest BCUT2D eigenvalue weighted by molar-refractivity contribution is 5.79. The van der Waals surface area contributed by atoms with Gasteiger partial charge in [-0.3, -0.25) is 9.59 Å². The number of rotatable bonds is 2. The summed E-state index contributed by atoms with van der Waals surface area (Å²) >= 11 is 0. The van der Waals surface area contributed by atoms with Crippen molar-refractivity contribution in [1.82, 2.24) is 5.54 Å². The van der Waals surface area contributed by atoms with Gasteiger partial charge in [-0.25, -0.2) is 0 Å². The van der Waals surface area contributed by atoms with Gasteiger partial charge in [-0.1, -0.05) is 0 Å². The van der Waals surface area contributed by atoms with Crippen molar-refractivity contribution >= 4 is 11.8 Å². The van der Waals surface area contributed by atoms with Crippen LogP contribution in [0.3, 0.4) is 0 Å². The second-order valence-electron chi connectivity index (χ2n) is 3.41. The zero-order valence-electron chi connectivity index (χ0n) is 7.25. The van der Waals surface area contributed by atoms with Crippen molar-refractivity contribution in [2.45, 2.75) is 25.7 Å². The molecular formula is C8H13FN2O2. The van der Waals surface area contributed by atoms with Crippen LogP contribution in [0, 0.1) is 11.8 Å². The van der Waals surface area contributed by atoms with Crippen molar-refractivity contribution in [1.29, 1.82) is 0 Å². The van der Waals surface area contributed by atoms with Gasteiger partial charge in [-0.2, -0.15) is 5.54 Å². The van der Waals surface area contributed by atoms with E-state index in [0.29, 0.717) is 25.7 Å². The fourth-order valence-electron chi connectivity index (χ4n) is 1.72. The van der Waals surface area contributed by atoms with Crippen molar-refractivity contribution < 1.29 is 14.1 Å².